The van der Waals surface area contributed by atoms with Crippen LogP contribution in [0.25, 0.3) is 32.9 Å². The molecule has 0 aliphatic heterocycles. The molecule has 0 aliphatic rings. The Hall–Kier alpha value is -3.44. The van der Waals surface area contributed by atoms with E-state index < -0.39 is 5.91 Å². The lowest BCUT2D eigenvalue weighted by Crippen LogP contribution is -2.11. The maximum atomic E-state index is 14.7. The fourth-order valence-corrected chi connectivity index (χ4v) is 4.48. The largest absolute Gasteiger partial charge is 0.366 e. The average molecular weight is 473 g/mol. The first kappa shape index (κ1) is 19.5. The molecule has 5 rings (SSSR count). The number of halogens is 2. The van der Waals surface area contributed by atoms with E-state index in [0.717, 1.165) is 32.9 Å². The Labute approximate surface area is 187 Å². The maximum absolute atomic E-state index is 14.7. The van der Waals surface area contributed by atoms with Crippen molar-refractivity contribution in [2.24, 2.45) is 5.73 Å². The monoisotopic (exact) mass is 472 g/mol. The third kappa shape index (κ3) is 3.41. The molecular weight excluding hydrogens is 455 g/mol. The topological polar surface area (TPSA) is 48.0 Å². The molecule has 0 radical (unpaired) electrons. The van der Waals surface area contributed by atoms with E-state index in [1.807, 2.05) is 48.5 Å². The first-order valence-corrected chi connectivity index (χ1v) is 10.7. The van der Waals surface area contributed by atoms with Crippen molar-refractivity contribution in [3.05, 3.63) is 106 Å². The second-order valence-corrected chi connectivity index (χ2v) is 8.40. The predicted molar refractivity (Wildman–Crippen MR) is 127 cm³/mol. The second-order valence-electron chi connectivity index (χ2n) is 7.48. The molecule has 0 saturated carbocycles. The molecular formula is C26H18BrFN2O. The Bertz CT molecular complexity index is 1460. The molecule has 0 aliphatic carbocycles. The lowest BCUT2D eigenvalue weighted by Gasteiger charge is -2.10. The van der Waals surface area contributed by atoms with Crippen LogP contribution in [0.5, 0.6) is 0 Å². The van der Waals surface area contributed by atoms with Gasteiger partial charge in [-0.3, -0.25) is 4.79 Å². The van der Waals surface area contributed by atoms with E-state index in [1.54, 1.807) is 12.1 Å². The van der Waals surface area contributed by atoms with Gasteiger partial charge in [-0.15, -0.1) is 0 Å². The molecule has 4 aromatic carbocycles. The molecule has 0 bridgehead atoms. The van der Waals surface area contributed by atoms with Crippen LogP contribution in [-0.2, 0) is 6.54 Å². The number of nitrogens with two attached hydrogens (primary N) is 1. The zero-order chi connectivity index (χ0) is 21.5. The molecule has 5 aromatic rings. The Morgan fingerprint density at radius 2 is 1.68 bits per heavy atom. The van der Waals surface area contributed by atoms with Gasteiger partial charge in [0.05, 0.1) is 17.6 Å². The van der Waals surface area contributed by atoms with Crippen molar-refractivity contribution in [3.8, 4) is 11.1 Å². The minimum atomic E-state index is -0.480. The first-order chi connectivity index (χ1) is 15.0. The highest BCUT2D eigenvalue weighted by molar-refractivity contribution is 9.10. The van der Waals surface area contributed by atoms with Gasteiger partial charge < -0.3 is 10.3 Å². The number of benzene rings is 4. The van der Waals surface area contributed by atoms with Crippen molar-refractivity contribution in [2.75, 3.05) is 0 Å². The SMILES string of the molecule is NC(=O)c1cccc2c1c1ccc(-c3ccccc3)cc1n2Cc1ccc(Br)cc1F. The highest BCUT2D eigenvalue weighted by Gasteiger charge is 2.18. The van der Waals surface area contributed by atoms with E-state index in [1.165, 1.54) is 6.07 Å². The Kier molecular flexibility index (Phi) is 4.83. The third-order valence-electron chi connectivity index (χ3n) is 5.61. The number of hydrogen-bond acceptors (Lipinski definition) is 1. The summed E-state index contributed by atoms with van der Waals surface area (Å²) in [4.78, 5) is 12.2. The molecule has 0 saturated heterocycles. The first-order valence-electron chi connectivity index (χ1n) is 9.87. The Balaban J connectivity index is 1.81. The maximum Gasteiger partial charge on any atom is 0.249 e. The van der Waals surface area contributed by atoms with Crippen LogP contribution in [0.15, 0.2) is 89.4 Å². The van der Waals surface area contributed by atoms with Gasteiger partial charge in [-0.2, -0.15) is 0 Å². The van der Waals surface area contributed by atoms with E-state index in [2.05, 4.69) is 38.7 Å². The molecule has 5 heteroatoms. The van der Waals surface area contributed by atoms with Crippen LogP contribution in [0.1, 0.15) is 15.9 Å². The number of amides is 1. The minimum Gasteiger partial charge on any atom is -0.366 e. The van der Waals surface area contributed by atoms with Crippen molar-refractivity contribution in [3.63, 3.8) is 0 Å². The normalized spacial score (nSPS) is 11.3. The fourth-order valence-electron chi connectivity index (χ4n) is 4.15. The van der Waals surface area contributed by atoms with Gasteiger partial charge in [0, 0.05) is 26.4 Å². The molecule has 2 N–H and O–H groups in total. The summed E-state index contributed by atoms with van der Waals surface area (Å²) >= 11 is 3.32. The second kappa shape index (κ2) is 7.67. The summed E-state index contributed by atoms with van der Waals surface area (Å²) in [5, 5.41) is 1.71. The van der Waals surface area contributed by atoms with Crippen LogP contribution in [-0.4, -0.2) is 10.5 Å². The quantitative estimate of drug-likeness (QED) is 0.318. The molecule has 0 spiro atoms. The number of rotatable bonds is 4. The number of fused-ring (bicyclic) bond motifs is 3. The highest BCUT2D eigenvalue weighted by atomic mass is 79.9. The number of nitrogens with zero attached hydrogens (tertiary/aromatic N) is 1. The predicted octanol–water partition coefficient (Wildman–Crippen LogP) is 6.51. The summed E-state index contributed by atoms with van der Waals surface area (Å²) in [6.07, 6.45) is 0. The van der Waals surface area contributed by atoms with Crippen molar-refractivity contribution in [2.45, 2.75) is 6.54 Å². The van der Waals surface area contributed by atoms with Gasteiger partial charge >= 0.3 is 0 Å². The van der Waals surface area contributed by atoms with Crippen LogP contribution in [0.2, 0.25) is 0 Å². The van der Waals surface area contributed by atoms with E-state index in [9.17, 15) is 9.18 Å². The van der Waals surface area contributed by atoms with E-state index in [0.29, 0.717) is 22.1 Å². The molecule has 1 aromatic heterocycles. The molecule has 31 heavy (non-hydrogen) atoms. The zero-order valence-electron chi connectivity index (χ0n) is 16.5. The zero-order valence-corrected chi connectivity index (χ0v) is 18.1. The van der Waals surface area contributed by atoms with Crippen LogP contribution >= 0.6 is 15.9 Å². The summed E-state index contributed by atoms with van der Waals surface area (Å²) in [6, 6.07) is 26.8. The van der Waals surface area contributed by atoms with E-state index in [4.69, 9.17) is 5.73 Å². The summed E-state index contributed by atoms with van der Waals surface area (Å²) in [6.45, 7) is 0.333. The summed E-state index contributed by atoms with van der Waals surface area (Å²) in [5.41, 5.74) is 10.6. The number of hydrogen-bond donors (Lipinski definition) is 1. The molecule has 3 nitrogen and oxygen atoms in total. The van der Waals surface area contributed by atoms with Crippen LogP contribution < -0.4 is 5.73 Å². The molecule has 0 fully saturated rings. The van der Waals surface area contributed by atoms with Gasteiger partial charge in [0.25, 0.3) is 0 Å². The van der Waals surface area contributed by atoms with Gasteiger partial charge in [-0.05, 0) is 41.5 Å². The van der Waals surface area contributed by atoms with Crippen LogP contribution in [0, 0.1) is 5.82 Å². The lowest BCUT2D eigenvalue weighted by atomic mass is 10.0. The summed E-state index contributed by atoms with van der Waals surface area (Å²) < 4.78 is 17.4. The van der Waals surface area contributed by atoms with Crippen molar-refractivity contribution in [1.82, 2.24) is 4.57 Å². The highest BCUT2D eigenvalue weighted by Crippen LogP contribution is 2.35. The van der Waals surface area contributed by atoms with Gasteiger partial charge in [-0.25, -0.2) is 4.39 Å². The molecule has 0 unspecified atom stereocenters. The van der Waals surface area contributed by atoms with Crippen molar-refractivity contribution < 1.29 is 9.18 Å². The summed E-state index contributed by atoms with van der Waals surface area (Å²) in [5.74, 6) is -0.763. The van der Waals surface area contributed by atoms with Gasteiger partial charge in [0.15, 0.2) is 0 Å². The Morgan fingerprint density at radius 1 is 0.871 bits per heavy atom. The van der Waals surface area contributed by atoms with Crippen molar-refractivity contribution in [1.29, 1.82) is 0 Å². The van der Waals surface area contributed by atoms with Crippen molar-refractivity contribution >= 4 is 43.6 Å². The molecule has 1 heterocycles. The third-order valence-corrected chi connectivity index (χ3v) is 6.10. The van der Waals surface area contributed by atoms with E-state index in [-0.39, 0.29) is 5.82 Å². The Morgan fingerprint density at radius 3 is 2.42 bits per heavy atom. The van der Waals surface area contributed by atoms with Crippen LogP contribution in [0.4, 0.5) is 4.39 Å². The average Bonchev–Trinajstić information content (AvgIpc) is 3.09. The summed E-state index contributed by atoms with van der Waals surface area (Å²) in [7, 11) is 0. The standard InChI is InChI=1S/C26H18BrFN2O/c27-19-11-9-18(22(28)14-19)15-30-23-8-4-7-21(26(29)31)25(23)20-12-10-17(13-24(20)30)16-5-2-1-3-6-16/h1-14H,15H2,(H2,29,31). The van der Waals surface area contributed by atoms with Gasteiger partial charge in [0.1, 0.15) is 5.82 Å². The number of aromatic nitrogens is 1. The number of primary amides is 1. The molecule has 152 valence electrons. The van der Waals surface area contributed by atoms with Gasteiger partial charge in [0.2, 0.25) is 5.91 Å². The lowest BCUT2D eigenvalue weighted by molar-refractivity contribution is 0.100. The smallest absolute Gasteiger partial charge is 0.249 e. The van der Waals surface area contributed by atoms with E-state index >= 15 is 0 Å². The fraction of sp³-hybridized carbons (Fsp3) is 0.0385. The molecule has 1 amide bonds. The van der Waals surface area contributed by atoms with Crippen LogP contribution in [0.3, 0.4) is 0 Å². The number of carbonyl (C=O) groups is 1. The molecule has 0 atom stereocenters. The number of carbonyl (C=O) groups excluding carboxylic acids is 1. The minimum absolute atomic E-state index is 0.283. The van der Waals surface area contributed by atoms with Gasteiger partial charge in [-0.1, -0.05) is 70.5 Å².